The van der Waals surface area contributed by atoms with Crippen molar-refractivity contribution in [2.45, 2.75) is 25.3 Å². The van der Waals surface area contributed by atoms with Crippen LogP contribution in [-0.4, -0.2) is 42.2 Å². The van der Waals surface area contributed by atoms with Crippen LogP contribution in [0.2, 0.25) is 0 Å². The highest BCUT2D eigenvalue weighted by Gasteiger charge is 2.24. The van der Waals surface area contributed by atoms with Gasteiger partial charge in [-0.3, -0.25) is 9.59 Å². The summed E-state index contributed by atoms with van der Waals surface area (Å²) < 4.78 is 9.50. The van der Waals surface area contributed by atoms with Crippen LogP contribution in [0.4, 0.5) is 0 Å². The lowest BCUT2D eigenvalue weighted by atomic mass is 10.2. The molecule has 1 aliphatic heterocycles. The van der Waals surface area contributed by atoms with Crippen LogP contribution in [0.1, 0.15) is 41.8 Å². The van der Waals surface area contributed by atoms with Gasteiger partial charge >= 0.3 is 5.97 Å². The zero-order chi connectivity index (χ0) is 13.7. The number of nitrogens with one attached hydrogen (secondary N) is 2. The third-order valence-corrected chi connectivity index (χ3v) is 2.85. The van der Waals surface area contributed by atoms with Gasteiger partial charge in [0.15, 0.2) is 0 Å². The second kappa shape index (κ2) is 6.28. The number of methoxy groups -OCH3 is 1. The molecule has 0 radical (unpaired) electrons. The predicted octanol–water partition coefficient (Wildman–Crippen LogP) is -0.213. The molecule has 104 valence electrons. The quantitative estimate of drug-likeness (QED) is 0.711. The standard InChI is InChI=1S/C11H16N4O4/c1-18-8(16)4-6-13-10(17)9-14-11(19-15-9)7-3-2-5-12-7/h7,12H,2-6H2,1H3,(H,13,17). The van der Waals surface area contributed by atoms with Crippen LogP contribution in [-0.2, 0) is 9.53 Å². The number of carbonyl (C=O) groups excluding carboxylic acids is 2. The Morgan fingerprint density at radius 2 is 2.42 bits per heavy atom. The number of carbonyl (C=O) groups is 2. The van der Waals surface area contributed by atoms with Crippen molar-refractivity contribution in [3.8, 4) is 0 Å². The maximum Gasteiger partial charge on any atom is 0.307 e. The Balaban J connectivity index is 1.84. The minimum atomic E-state index is -0.461. The van der Waals surface area contributed by atoms with Crippen molar-refractivity contribution in [1.82, 2.24) is 20.8 Å². The topological polar surface area (TPSA) is 106 Å². The minimum Gasteiger partial charge on any atom is -0.469 e. The van der Waals surface area contributed by atoms with Crippen molar-refractivity contribution in [1.29, 1.82) is 0 Å². The molecule has 2 heterocycles. The second-order valence-electron chi connectivity index (χ2n) is 4.19. The van der Waals surface area contributed by atoms with Crippen molar-refractivity contribution in [3.63, 3.8) is 0 Å². The monoisotopic (exact) mass is 268 g/mol. The van der Waals surface area contributed by atoms with E-state index in [9.17, 15) is 9.59 Å². The van der Waals surface area contributed by atoms with Gasteiger partial charge in [-0.2, -0.15) is 4.98 Å². The number of esters is 1. The number of hydrogen-bond acceptors (Lipinski definition) is 7. The Labute approximate surface area is 109 Å². The summed E-state index contributed by atoms with van der Waals surface area (Å²) in [4.78, 5) is 26.6. The fourth-order valence-corrected chi connectivity index (χ4v) is 1.82. The van der Waals surface area contributed by atoms with Crippen molar-refractivity contribution in [3.05, 3.63) is 11.7 Å². The van der Waals surface area contributed by atoms with E-state index in [1.807, 2.05) is 0 Å². The normalized spacial score (nSPS) is 18.3. The van der Waals surface area contributed by atoms with Crippen LogP contribution in [0.15, 0.2) is 4.52 Å². The summed E-state index contributed by atoms with van der Waals surface area (Å²) in [5, 5.41) is 9.35. The predicted molar refractivity (Wildman–Crippen MR) is 63.2 cm³/mol. The molecule has 0 spiro atoms. The SMILES string of the molecule is COC(=O)CCNC(=O)c1noc(C2CCCN2)n1. The summed E-state index contributed by atoms with van der Waals surface area (Å²) in [5.41, 5.74) is 0. The van der Waals surface area contributed by atoms with E-state index < -0.39 is 5.91 Å². The summed E-state index contributed by atoms with van der Waals surface area (Å²) in [6.45, 7) is 1.09. The second-order valence-corrected chi connectivity index (χ2v) is 4.19. The summed E-state index contributed by atoms with van der Waals surface area (Å²) >= 11 is 0. The number of amides is 1. The molecule has 8 heteroatoms. The maximum atomic E-state index is 11.7. The van der Waals surface area contributed by atoms with Crippen LogP contribution in [0, 0.1) is 0 Å². The number of hydrogen-bond donors (Lipinski definition) is 2. The molecule has 1 amide bonds. The molecular formula is C11H16N4O4. The first-order valence-corrected chi connectivity index (χ1v) is 6.12. The average Bonchev–Trinajstić information content (AvgIpc) is 3.08. The summed E-state index contributed by atoms with van der Waals surface area (Å²) in [6, 6.07) is 0.0316. The third-order valence-electron chi connectivity index (χ3n) is 2.85. The summed E-state index contributed by atoms with van der Waals surface area (Å²) in [6.07, 6.45) is 2.08. The largest absolute Gasteiger partial charge is 0.469 e. The van der Waals surface area contributed by atoms with E-state index in [2.05, 4.69) is 25.5 Å². The van der Waals surface area contributed by atoms with Crippen molar-refractivity contribution < 1.29 is 18.8 Å². The first-order chi connectivity index (χ1) is 9.20. The van der Waals surface area contributed by atoms with Gasteiger partial charge in [0, 0.05) is 6.54 Å². The Hall–Kier alpha value is -1.96. The Bertz CT molecular complexity index is 453. The van der Waals surface area contributed by atoms with Crippen molar-refractivity contribution >= 4 is 11.9 Å². The molecule has 1 atom stereocenters. The number of rotatable bonds is 5. The van der Waals surface area contributed by atoms with E-state index in [-0.39, 0.29) is 30.8 Å². The lowest BCUT2D eigenvalue weighted by Crippen LogP contribution is -2.27. The first kappa shape index (κ1) is 13.5. The Kier molecular flexibility index (Phi) is 4.45. The molecule has 1 aromatic heterocycles. The Morgan fingerprint density at radius 1 is 1.58 bits per heavy atom. The van der Waals surface area contributed by atoms with Crippen LogP contribution in [0.3, 0.4) is 0 Å². The number of nitrogens with zero attached hydrogens (tertiary/aromatic N) is 2. The third kappa shape index (κ3) is 3.50. The molecule has 1 fully saturated rings. The van der Waals surface area contributed by atoms with Crippen LogP contribution >= 0.6 is 0 Å². The van der Waals surface area contributed by atoms with Gasteiger partial charge in [0.1, 0.15) is 0 Å². The Morgan fingerprint density at radius 3 is 3.11 bits per heavy atom. The smallest absolute Gasteiger partial charge is 0.307 e. The molecule has 1 aromatic rings. The van der Waals surface area contributed by atoms with Crippen molar-refractivity contribution in [2.24, 2.45) is 0 Å². The van der Waals surface area contributed by atoms with E-state index in [1.165, 1.54) is 7.11 Å². The molecule has 1 saturated heterocycles. The molecule has 1 unspecified atom stereocenters. The van der Waals surface area contributed by atoms with E-state index in [1.54, 1.807) is 0 Å². The minimum absolute atomic E-state index is 0.0198. The van der Waals surface area contributed by atoms with E-state index >= 15 is 0 Å². The van der Waals surface area contributed by atoms with Gasteiger partial charge in [-0.1, -0.05) is 5.16 Å². The van der Waals surface area contributed by atoms with Gasteiger partial charge in [-0.25, -0.2) is 0 Å². The highest BCUT2D eigenvalue weighted by molar-refractivity contribution is 5.90. The van der Waals surface area contributed by atoms with Crippen LogP contribution < -0.4 is 10.6 Å². The first-order valence-electron chi connectivity index (χ1n) is 6.12. The van der Waals surface area contributed by atoms with Gasteiger partial charge in [-0.15, -0.1) is 0 Å². The molecule has 0 aliphatic carbocycles. The average molecular weight is 268 g/mol. The molecular weight excluding hydrogens is 252 g/mol. The molecule has 2 rings (SSSR count). The van der Waals surface area contributed by atoms with Crippen LogP contribution in [0.5, 0.6) is 0 Å². The van der Waals surface area contributed by atoms with Gasteiger partial charge in [0.25, 0.3) is 11.7 Å². The molecule has 0 bridgehead atoms. The summed E-state index contributed by atoms with van der Waals surface area (Å²) in [5.74, 6) is -0.439. The highest BCUT2D eigenvalue weighted by atomic mass is 16.5. The maximum absolute atomic E-state index is 11.7. The zero-order valence-electron chi connectivity index (χ0n) is 10.6. The van der Waals surface area contributed by atoms with E-state index in [4.69, 9.17) is 4.52 Å². The van der Waals surface area contributed by atoms with Gasteiger partial charge in [-0.05, 0) is 19.4 Å². The number of aromatic nitrogens is 2. The highest BCUT2D eigenvalue weighted by Crippen LogP contribution is 2.20. The van der Waals surface area contributed by atoms with Gasteiger partial charge in [0.2, 0.25) is 5.89 Å². The summed E-state index contributed by atoms with van der Waals surface area (Å²) in [7, 11) is 1.30. The molecule has 0 aromatic carbocycles. The number of ether oxygens (including phenoxy) is 1. The molecule has 2 N–H and O–H groups in total. The van der Waals surface area contributed by atoms with Crippen LogP contribution in [0.25, 0.3) is 0 Å². The van der Waals surface area contributed by atoms with Gasteiger partial charge < -0.3 is 19.9 Å². The van der Waals surface area contributed by atoms with Gasteiger partial charge in [0.05, 0.1) is 19.6 Å². The fraction of sp³-hybridized carbons (Fsp3) is 0.636. The lowest BCUT2D eigenvalue weighted by Gasteiger charge is -2.02. The van der Waals surface area contributed by atoms with E-state index in [0.29, 0.717) is 5.89 Å². The molecule has 0 saturated carbocycles. The fourth-order valence-electron chi connectivity index (χ4n) is 1.82. The van der Waals surface area contributed by atoms with Crippen molar-refractivity contribution in [2.75, 3.05) is 20.2 Å². The zero-order valence-corrected chi connectivity index (χ0v) is 10.6. The lowest BCUT2D eigenvalue weighted by molar-refractivity contribution is -0.140. The van der Waals surface area contributed by atoms with E-state index in [0.717, 1.165) is 19.4 Å². The molecule has 19 heavy (non-hydrogen) atoms. The molecule has 1 aliphatic rings. The molecule has 8 nitrogen and oxygen atoms in total.